The maximum Gasteiger partial charge on any atom is 0.273 e. The Kier molecular flexibility index (Phi) is 6.26. The predicted molar refractivity (Wildman–Crippen MR) is 141 cm³/mol. The van der Waals surface area contributed by atoms with E-state index in [0.29, 0.717) is 37.3 Å². The van der Waals surface area contributed by atoms with Gasteiger partial charge in [-0.15, -0.1) is 11.3 Å². The fourth-order valence-electron chi connectivity index (χ4n) is 5.39. The molecule has 0 aliphatic carbocycles. The van der Waals surface area contributed by atoms with Gasteiger partial charge in [0, 0.05) is 73.4 Å². The summed E-state index contributed by atoms with van der Waals surface area (Å²) in [6.45, 7) is 2.72. The average molecular weight is 518 g/mol. The summed E-state index contributed by atoms with van der Waals surface area (Å²) in [5, 5.41) is 6.51. The van der Waals surface area contributed by atoms with Crippen molar-refractivity contribution in [3.05, 3.63) is 87.8 Å². The zero-order valence-electron chi connectivity index (χ0n) is 20.6. The first-order chi connectivity index (χ1) is 17.9. The van der Waals surface area contributed by atoms with Crippen LogP contribution in [0.5, 0.6) is 0 Å². The van der Waals surface area contributed by atoms with Gasteiger partial charge in [-0.1, -0.05) is 18.2 Å². The minimum Gasteiger partial charge on any atom is -0.350 e. The smallest absolute Gasteiger partial charge is 0.273 e. The SMILES string of the molecule is Cn1cc(Cc2ccc(F)cc2)c2ccc(C(=O)N3CC(N[C@H]4CCN(C(=O)c5cscn5)C4)C3)cc21. The fourth-order valence-corrected chi connectivity index (χ4v) is 5.92. The molecule has 9 heteroatoms. The van der Waals surface area contributed by atoms with Crippen molar-refractivity contribution < 1.29 is 14.0 Å². The highest BCUT2D eigenvalue weighted by molar-refractivity contribution is 7.07. The van der Waals surface area contributed by atoms with E-state index in [0.717, 1.165) is 35.0 Å². The Morgan fingerprint density at radius 2 is 1.84 bits per heavy atom. The van der Waals surface area contributed by atoms with Crippen molar-refractivity contribution in [2.24, 2.45) is 7.05 Å². The molecule has 6 rings (SSSR count). The van der Waals surface area contributed by atoms with E-state index >= 15 is 0 Å². The van der Waals surface area contributed by atoms with Crippen LogP contribution in [-0.4, -0.2) is 69.4 Å². The number of hydrogen-bond acceptors (Lipinski definition) is 5. The zero-order chi connectivity index (χ0) is 25.5. The van der Waals surface area contributed by atoms with Crippen LogP contribution in [0, 0.1) is 5.82 Å². The molecule has 2 amide bonds. The molecule has 2 saturated heterocycles. The number of amides is 2. The van der Waals surface area contributed by atoms with Crippen molar-refractivity contribution in [1.82, 2.24) is 24.7 Å². The van der Waals surface area contributed by atoms with E-state index < -0.39 is 0 Å². The highest BCUT2D eigenvalue weighted by atomic mass is 32.1. The van der Waals surface area contributed by atoms with Gasteiger partial charge in [0.15, 0.2) is 0 Å². The number of carbonyl (C=O) groups is 2. The second-order valence-corrected chi connectivity index (χ2v) is 10.7. The van der Waals surface area contributed by atoms with Crippen LogP contribution in [0.25, 0.3) is 10.9 Å². The lowest BCUT2D eigenvalue weighted by Gasteiger charge is -2.41. The predicted octanol–water partition coefficient (Wildman–Crippen LogP) is 3.69. The van der Waals surface area contributed by atoms with Crippen molar-refractivity contribution >= 4 is 34.1 Å². The van der Waals surface area contributed by atoms with E-state index in [-0.39, 0.29) is 29.7 Å². The van der Waals surface area contributed by atoms with Crippen LogP contribution < -0.4 is 5.32 Å². The molecule has 4 aromatic rings. The number of halogens is 1. The second-order valence-electron chi connectivity index (χ2n) is 9.98. The number of nitrogens with zero attached hydrogens (tertiary/aromatic N) is 4. The Labute approximate surface area is 218 Å². The molecule has 7 nitrogen and oxygen atoms in total. The fraction of sp³-hybridized carbons (Fsp3) is 0.321. The van der Waals surface area contributed by atoms with Crippen molar-refractivity contribution in [3.8, 4) is 0 Å². The Hall–Kier alpha value is -3.56. The molecule has 2 fully saturated rings. The van der Waals surface area contributed by atoms with Crippen LogP contribution in [0.4, 0.5) is 4.39 Å². The number of carbonyl (C=O) groups excluding carboxylic acids is 2. The van der Waals surface area contributed by atoms with Crippen molar-refractivity contribution in [2.75, 3.05) is 26.2 Å². The lowest BCUT2D eigenvalue weighted by molar-refractivity contribution is 0.0553. The van der Waals surface area contributed by atoms with Gasteiger partial charge < -0.3 is 19.7 Å². The molecule has 0 saturated carbocycles. The molecular formula is C28H28FN5O2S. The number of aromatic nitrogens is 2. The van der Waals surface area contributed by atoms with Gasteiger partial charge in [0.05, 0.1) is 5.51 Å². The maximum atomic E-state index is 13.3. The summed E-state index contributed by atoms with van der Waals surface area (Å²) in [6.07, 6.45) is 3.69. The largest absolute Gasteiger partial charge is 0.350 e. The minimum atomic E-state index is -0.236. The molecule has 1 N–H and O–H groups in total. The van der Waals surface area contributed by atoms with Crippen LogP contribution in [-0.2, 0) is 13.5 Å². The van der Waals surface area contributed by atoms with E-state index in [1.807, 2.05) is 51.7 Å². The molecule has 0 spiro atoms. The number of likely N-dealkylation sites (tertiary alicyclic amines) is 2. The summed E-state index contributed by atoms with van der Waals surface area (Å²) < 4.78 is 15.3. The van der Waals surface area contributed by atoms with Crippen LogP contribution in [0.15, 0.2) is 59.6 Å². The molecular weight excluding hydrogens is 489 g/mol. The van der Waals surface area contributed by atoms with Crippen LogP contribution in [0.1, 0.15) is 38.4 Å². The molecule has 4 heterocycles. The molecule has 0 radical (unpaired) electrons. The zero-order valence-corrected chi connectivity index (χ0v) is 21.4. The summed E-state index contributed by atoms with van der Waals surface area (Å²) >= 11 is 1.43. The molecule has 2 aliphatic rings. The Morgan fingerprint density at radius 3 is 2.59 bits per heavy atom. The molecule has 0 unspecified atom stereocenters. The van der Waals surface area contributed by atoms with Crippen LogP contribution in [0.2, 0.25) is 0 Å². The summed E-state index contributed by atoms with van der Waals surface area (Å²) in [5.74, 6) is -0.207. The standard InChI is InChI=1S/C28H28FN5O2S/c1-32-12-20(10-18-2-5-21(29)6-3-18)24-7-4-19(11-26(24)32)27(35)34-14-23(15-34)31-22-8-9-33(13-22)28(36)25-16-37-17-30-25/h2-7,11-12,16-17,22-23,31H,8-10,13-15H2,1H3/t22-/m0/s1. The minimum absolute atomic E-state index is 0.00662. The second kappa shape index (κ2) is 9.72. The molecule has 37 heavy (non-hydrogen) atoms. The number of benzene rings is 2. The lowest BCUT2D eigenvalue weighted by Crippen LogP contribution is -2.62. The van der Waals surface area contributed by atoms with Gasteiger partial charge in [-0.05, 0) is 48.2 Å². The van der Waals surface area contributed by atoms with Gasteiger partial charge in [-0.25, -0.2) is 9.37 Å². The van der Waals surface area contributed by atoms with Gasteiger partial charge in [0.25, 0.3) is 11.8 Å². The van der Waals surface area contributed by atoms with Gasteiger partial charge >= 0.3 is 0 Å². The highest BCUT2D eigenvalue weighted by Gasteiger charge is 2.35. The normalized spacial score (nSPS) is 17.9. The first-order valence-corrected chi connectivity index (χ1v) is 13.4. The topological polar surface area (TPSA) is 70.5 Å². The Morgan fingerprint density at radius 1 is 1.05 bits per heavy atom. The number of aryl methyl sites for hydroxylation is 1. The molecule has 2 aromatic carbocycles. The Balaban J connectivity index is 1.05. The van der Waals surface area contributed by atoms with Gasteiger partial charge in [-0.3, -0.25) is 9.59 Å². The highest BCUT2D eigenvalue weighted by Crippen LogP contribution is 2.26. The maximum absolute atomic E-state index is 13.3. The number of rotatable bonds is 6. The number of thiazole rings is 1. The summed E-state index contributed by atoms with van der Waals surface area (Å²) in [4.78, 5) is 33.5. The van der Waals surface area contributed by atoms with Crippen molar-refractivity contribution in [3.63, 3.8) is 0 Å². The third kappa shape index (κ3) is 4.76. The van der Waals surface area contributed by atoms with E-state index in [9.17, 15) is 14.0 Å². The number of hydrogen-bond donors (Lipinski definition) is 1. The number of fused-ring (bicyclic) bond motifs is 1. The van der Waals surface area contributed by atoms with E-state index in [2.05, 4.69) is 16.5 Å². The summed E-state index contributed by atoms with van der Waals surface area (Å²) in [5.41, 5.74) is 6.09. The summed E-state index contributed by atoms with van der Waals surface area (Å²) in [7, 11) is 1.98. The van der Waals surface area contributed by atoms with E-state index in [4.69, 9.17) is 0 Å². The van der Waals surface area contributed by atoms with E-state index in [1.165, 1.54) is 23.5 Å². The van der Waals surface area contributed by atoms with Crippen molar-refractivity contribution in [2.45, 2.75) is 24.9 Å². The van der Waals surface area contributed by atoms with Crippen molar-refractivity contribution in [1.29, 1.82) is 0 Å². The van der Waals surface area contributed by atoms with Crippen LogP contribution >= 0.6 is 11.3 Å². The quantitative estimate of drug-likeness (QED) is 0.424. The van der Waals surface area contributed by atoms with Crippen LogP contribution in [0.3, 0.4) is 0 Å². The number of nitrogens with one attached hydrogen (secondary N) is 1. The molecule has 1 atom stereocenters. The molecule has 2 aliphatic heterocycles. The third-order valence-corrected chi connectivity index (χ3v) is 7.98. The average Bonchev–Trinajstić information content (AvgIpc) is 3.63. The third-order valence-electron chi connectivity index (χ3n) is 7.40. The van der Waals surface area contributed by atoms with Gasteiger partial charge in [0.1, 0.15) is 11.5 Å². The first-order valence-electron chi connectivity index (χ1n) is 12.5. The Bertz CT molecular complexity index is 1440. The molecule has 2 aromatic heterocycles. The molecule has 0 bridgehead atoms. The van der Waals surface area contributed by atoms with Gasteiger partial charge in [0.2, 0.25) is 0 Å². The molecule has 190 valence electrons. The monoisotopic (exact) mass is 517 g/mol. The first kappa shape index (κ1) is 23.8. The van der Waals surface area contributed by atoms with Gasteiger partial charge in [-0.2, -0.15) is 0 Å². The summed E-state index contributed by atoms with van der Waals surface area (Å²) in [6, 6.07) is 12.9. The van der Waals surface area contributed by atoms with E-state index in [1.54, 1.807) is 10.9 Å². The lowest BCUT2D eigenvalue weighted by atomic mass is 10.0.